The average Bonchev–Trinajstić information content (AvgIpc) is 2.51. The van der Waals surface area contributed by atoms with Crippen molar-refractivity contribution in [1.82, 2.24) is 4.90 Å². The summed E-state index contributed by atoms with van der Waals surface area (Å²) in [6.45, 7) is 0.770. The second-order valence-electron chi connectivity index (χ2n) is 5.35. The quantitative estimate of drug-likeness (QED) is 0.623. The van der Waals surface area contributed by atoms with Gasteiger partial charge in [-0.15, -0.1) is 0 Å². The molecule has 0 aliphatic carbocycles. The molecule has 0 spiro atoms. The van der Waals surface area contributed by atoms with Gasteiger partial charge in [0.25, 0.3) is 5.69 Å². The zero-order valence-corrected chi connectivity index (χ0v) is 14.3. The van der Waals surface area contributed by atoms with E-state index in [0.717, 1.165) is 5.56 Å². The molecule has 6 nitrogen and oxygen atoms in total. The van der Waals surface area contributed by atoms with Gasteiger partial charge in [-0.25, -0.2) is 0 Å². The van der Waals surface area contributed by atoms with Crippen molar-refractivity contribution in [3.63, 3.8) is 0 Å². The van der Waals surface area contributed by atoms with Gasteiger partial charge in [-0.3, -0.25) is 19.8 Å². The number of primary amides is 1. The monoisotopic (exact) mass is 367 g/mol. The standard InChI is InChI=1S/C16H15Cl2N3O3/c1-20(9-12-3-2-4-13(17)15(12)18)8-11-6-5-10(16(19)22)7-14(11)21(23)24/h2-7H,8-9H2,1H3,(H2,19,22). The topological polar surface area (TPSA) is 89.5 Å². The molecule has 0 aliphatic heterocycles. The zero-order chi connectivity index (χ0) is 17.9. The molecule has 0 fully saturated rings. The van der Waals surface area contributed by atoms with Crippen molar-refractivity contribution in [3.05, 3.63) is 73.2 Å². The van der Waals surface area contributed by atoms with Crippen molar-refractivity contribution < 1.29 is 9.72 Å². The fourth-order valence-electron chi connectivity index (χ4n) is 2.33. The lowest BCUT2D eigenvalue weighted by atomic mass is 10.1. The van der Waals surface area contributed by atoms with E-state index in [1.54, 1.807) is 12.1 Å². The Hall–Kier alpha value is -2.15. The smallest absolute Gasteiger partial charge is 0.274 e. The van der Waals surface area contributed by atoms with Crippen LogP contribution < -0.4 is 5.73 Å². The summed E-state index contributed by atoms with van der Waals surface area (Å²) in [4.78, 5) is 23.8. The molecule has 1 amide bonds. The first-order valence-corrected chi connectivity index (χ1v) is 7.73. The van der Waals surface area contributed by atoms with E-state index in [2.05, 4.69) is 0 Å². The van der Waals surface area contributed by atoms with Gasteiger partial charge < -0.3 is 5.73 Å². The zero-order valence-electron chi connectivity index (χ0n) is 12.8. The summed E-state index contributed by atoms with van der Waals surface area (Å²) < 4.78 is 0. The minimum Gasteiger partial charge on any atom is -0.366 e. The number of carbonyl (C=O) groups excluding carboxylic acids is 1. The Morgan fingerprint density at radius 3 is 2.50 bits per heavy atom. The largest absolute Gasteiger partial charge is 0.366 e. The highest BCUT2D eigenvalue weighted by molar-refractivity contribution is 6.42. The third-order valence-corrected chi connectivity index (χ3v) is 4.34. The molecule has 0 atom stereocenters. The summed E-state index contributed by atoms with van der Waals surface area (Å²) >= 11 is 12.1. The Balaban J connectivity index is 2.22. The first-order valence-electron chi connectivity index (χ1n) is 6.98. The fraction of sp³-hybridized carbons (Fsp3) is 0.188. The van der Waals surface area contributed by atoms with Crippen LogP contribution in [-0.2, 0) is 13.1 Å². The average molecular weight is 368 g/mol. The van der Waals surface area contributed by atoms with E-state index in [1.165, 1.54) is 18.2 Å². The third kappa shape index (κ3) is 4.23. The van der Waals surface area contributed by atoms with E-state index in [-0.39, 0.29) is 11.3 Å². The second-order valence-corrected chi connectivity index (χ2v) is 6.14. The number of hydrogen-bond donors (Lipinski definition) is 1. The lowest BCUT2D eigenvalue weighted by Gasteiger charge is -2.18. The van der Waals surface area contributed by atoms with Crippen LogP contribution >= 0.6 is 23.2 Å². The summed E-state index contributed by atoms with van der Waals surface area (Å²) in [5.41, 5.74) is 6.43. The van der Waals surface area contributed by atoms with Gasteiger partial charge in [0.05, 0.1) is 15.0 Å². The summed E-state index contributed by atoms with van der Waals surface area (Å²) in [7, 11) is 1.81. The molecule has 0 radical (unpaired) electrons. The Morgan fingerprint density at radius 2 is 1.88 bits per heavy atom. The van der Waals surface area contributed by atoms with Gasteiger partial charge in [0, 0.05) is 30.3 Å². The van der Waals surface area contributed by atoms with Crippen molar-refractivity contribution >= 4 is 34.8 Å². The molecular formula is C16H15Cl2N3O3. The van der Waals surface area contributed by atoms with Crippen molar-refractivity contribution in [2.45, 2.75) is 13.1 Å². The Morgan fingerprint density at radius 1 is 1.21 bits per heavy atom. The van der Waals surface area contributed by atoms with Crippen LogP contribution in [0.5, 0.6) is 0 Å². The molecule has 0 heterocycles. The van der Waals surface area contributed by atoms with Crippen LogP contribution in [0.3, 0.4) is 0 Å². The van der Waals surface area contributed by atoms with Crippen molar-refractivity contribution in [2.75, 3.05) is 7.05 Å². The predicted octanol–water partition coefficient (Wildman–Crippen LogP) is 3.63. The molecule has 2 rings (SSSR count). The van der Waals surface area contributed by atoms with Crippen molar-refractivity contribution in [2.24, 2.45) is 5.73 Å². The van der Waals surface area contributed by atoms with Crippen LogP contribution in [0.2, 0.25) is 10.0 Å². The van der Waals surface area contributed by atoms with E-state index in [4.69, 9.17) is 28.9 Å². The first kappa shape index (κ1) is 18.2. The van der Waals surface area contributed by atoms with Crippen LogP contribution in [0.25, 0.3) is 0 Å². The number of halogens is 2. The van der Waals surface area contributed by atoms with Gasteiger partial charge in [-0.2, -0.15) is 0 Å². The molecule has 24 heavy (non-hydrogen) atoms. The first-order chi connectivity index (χ1) is 11.3. The summed E-state index contributed by atoms with van der Waals surface area (Å²) in [5.74, 6) is -0.705. The summed E-state index contributed by atoms with van der Waals surface area (Å²) in [5, 5.41) is 12.2. The molecule has 2 N–H and O–H groups in total. The normalized spacial score (nSPS) is 10.8. The molecule has 2 aromatic rings. The van der Waals surface area contributed by atoms with Crippen molar-refractivity contribution in [3.8, 4) is 0 Å². The molecule has 0 aliphatic rings. The molecule has 8 heteroatoms. The van der Waals surface area contributed by atoms with E-state index >= 15 is 0 Å². The number of hydrogen-bond acceptors (Lipinski definition) is 4. The molecule has 0 aromatic heterocycles. The minimum atomic E-state index is -0.705. The summed E-state index contributed by atoms with van der Waals surface area (Å²) in [6.07, 6.45) is 0. The molecule has 0 unspecified atom stereocenters. The molecule has 0 saturated heterocycles. The molecule has 0 bridgehead atoms. The van der Waals surface area contributed by atoms with Crippen LogP contribution in [0, 0.1) is 10.1 Å². The maximum absolute atomic E-state index is 11.2. The number of nitro groups is 1. The maximum Gasteiger partial charge on any atom is 0.274 e. The predicted molar refractivity (Wildman–Crippen MR) is 93.2 cm³/mol. The lowest BCUT2D eigenvalue weighted by molar-refractivity contribution is -0.385. The Kier molecular flexibility index (Phi) is 5.77. The van der Waals surface area contributed by atoms with Gasteiger partial charge in [0.1, 0.15) is 0 Å². The highest BCUT2D eigenvalue weighted by Gasteiger charge is 2.18. The highest BCUT2D eigenvalue weighted by Crippen LogP contribution is 2.27. The van der Waals surface area contributed by atoms with Crippen LogP contribution in [0.15, 0.2) is 36.4 Å². The van der Waals surface area contributed by atoms with Gasteiger partial charge in [0.15, 0.2) is 0 Å². The van der Waals surface area contributed by atoms with Crippen LogP contribution in [-0.4, -0.2) is 22.8 Å². The molecule has 2 aromatic carbocycles. The number of nitrogens with two attached hydrogens (primary N) is 1. The van der Waals surface area contributed by atoms with Gasteiger partial charge >= 0.3 is 0 Å². The minimum absolute atomic E-state index is 0.103. The summed E-state index contributed by atoms with van der Waals surface area (Å²) in [6, 6.07) is 9.54. The maximum atomic E-state index is 11.2. The number of benzene rings is 2. The van der Waals surface area contributed by atoms with E-state index < -0.39 is 10.8 Å². The van der Waals surface area contributed by atoms with Crippen LogP contribution in [0.1, 0.15) is 21.5 Å². The molecule has 0 saturated carbocycles. The highest BCUT2D eigenvalue weighted by atomic mass is 35.5. The molecular weight excluding hydrogens is 353 g/mol. The van der Waals surface area contributed by atoms with E-state index in [1.807, 2.05) is 18.0 Å². The number of nitro benzene ring substituents is 1. The van der Waals surface area contributed by atoms with E-state index in [0.29, 0.717) is 28.7 Å². The fourth-order valence-corrected chi connectivity index (χ4v) is 2.71. The number of amides is 1. The Bertz CT molecular complexity index is 796. The van der Waals surface area contributed by atoms with Crippen molar-refractivity contribution in [1.29, 1.82) is 0 Å². The SMILES string of the molecule is CN(Cc1ccc(C(N)=O)cc1[N+](=O)[O-])Cc1cccc(Cl)c1Cl. The van der Waals surface area contributed by atoms with Gasteiger partial charge in [-0.1, -0.05) is 41.4 Å². The number of carbonyl (C=O) groups is 1. The molecule has 126 valence electrons. The lowest BCUT2D eigenvalue weighted by Crippen LogP contribution is -2.19. The number of rotatable bonds is 6. The van der Waals surface area contributed by atoms with Crippen LogP contribution in [0.4, 0.5) is 5.69 Å². The van der Waals surface area contributed by atoms with E-state index in [9.17, 15) is 14.9 Å². The van der Waals surface area contributed by atoms with Gasteiger partial charge in [-0.05, 0) is 24.7 Å². The third-order valence-electron chi connectivity index (χ3n) is 3.48. The number of nitrogens with zero attached hydrogens (tertiary/aromatic N) is 2. The Labute approximate surface area is 148 Å². The second kappa shape index (κ2) is 7.61. The van der Waals surface area contributed by atoms with Gasteiger partial charge in [0.2, 0.25) is 5.91 Å².